The molecule has 0 aliphatic rings. The first-order valence-electron chi connectivity index (χ1n) is 6.06. The standard InChI is InChI=1S/C12H27N3/c1-10(2)7-5-6-8-14-12(13)15-9-11(3)4/h10-11H,5-9H2,1-4H3,(H3,13,14,15). The van der Waals surface area contributed by atoms with Gasteiger partial charge in [-0.25, -0.2) is 0 Å². The van der Waals surface area contributed by atoms with Gasteiger partial charge >= 0.3 is 0 Å². The van der Waals surface area contributed by atoms with Crippen LogP contribution in [0.25, 0.3) is 0 Å². The van der Waals surface area contributed by atoms with E-state index in [1.165, 1.54) is 19.3 Å². The fourth-order valence-electron chi connectivity index (χ4n) is 1.23. The van der Waals surface area contributed by atoms with Crippen molar-refractivity contribution in [3.8, 4) is 0 Å². The second-order valence-corrected chi connectivity index (χ2v) is 4.94. The van der Waals surface area contributed by atoms with Crippen LogP contribution in [0.1, 0.15) is 47.0 Å². The summed E-state index contributed by atoms with van der Waals surface area (Å²) in [6.07, 6.45) is 3.74. The highest BCUT2D eigenvalue weighted by atomic mass is 15.1. The summed E-state index contributed by atoms with van der Waals surface area (Å²) >= 11 is 0. The lowest BCUT2D eigenvalue weighted by molar-refractivity contribution is 0.535. The van der Waals surface area contributed by atoms with Crippen LogP contribution in [0.4, 0.5) is 0 Å². The maximum Gasteiger partial charge on any atom is 0.188 e. The Kier molecular flexibility index (Phi) is 8.15. The molecule has 0 aromatic heterocycles. The van der Waals surface area contributed by atoms with Crippen molar-refractivity contribution in [1.82, 2.24) is 5.32 Å². The summed E-state index contributed by atoms with van der Waals surface area (Å²) in [5.74, 6) is 1.97. The van der Waals surface area contributed by atoms with E-state index in [1.54, 1.807) is 0 Å². The second kappa shape index (κ2) is 8.57. The number of guanidine groups is 1. The first kappa shape index (κ1) is 14.3. The fraction of sp³-hybridized carbons (Fsp3) is 0.917. The van der Waals surface area contributed by atoms with E-state index in [4.69, 9.17) is 5.73 Å². The molecule has 0 atom stereocenters. The zero-order chi connectivity index (χ0) is 11.7. The summed E-state index contributed by atoms with van der Waals surface area (Å²) in [6.45, 7) is 10.5. The van der Waals surface area contributed by atoms with Crippen LogP contribution in [0.15, 0.2) is 4.99 Å². The number of nitrogens with one attached hydrogen (secondary N) is 1. The van der Waals surface area contributed by atoms with Crippen molar-refractivity contribution in [2.45, 2.75) is 47.0 Å². The molecule has 0 saturated carbocycles. The predicted octanol–water partition coefficient (Wildman–Crippen LogP) is 2.37. The van der Waals surface area contributed by atoms with Crippen LogP contribution in [-0.2, 0) is 0 Å². The van der Waals surface area contributed by atoms with Crippen LogP contribution in [0.5, 0.6) is 0 Å². The molecule has 0 bridgehead atoms. The van der Waals surface area contributed by atoms with Gasteiger partial charge in [0.2, 0.25) is 0 Å². The van der Waals surface area contributed by atoms with E-state index < -0.39 is 0 Å². The molecule has 0 saturated heterocycles. The van der Waals surface area contributed by atoms with Gasteiger partial charge in [0.05, 0.1) is 0 Å². The minimum atomic E-state index is 0.575. The molecule has 90 valence electrons. The summed E-state index contributed by atoms with van der Waals surface area (Å²) in [7, 11) is 0. The largest absolute Gasteiger partial charge is 0.370 e. The van der Waals surface area contributed by atoms with Gasteiger partial charge in [0, 0.05) is 13.1 Å². The third kappa shape index (κ3) is 11.2. The zero-order valence-corrected chi connectivity index (χ0v) is 10.7. The lowest BCUT2D eigenvalue weighted by Crippen LogP contribution is -2.32. The summed E-state index contributed by atoms with van der Waals surface area (Å²) in [4.78, 5) is 4.24. The second-order valence-electron chi connectivity index (χ2n) is 4.94. The van der Waals surface area contributed by atoms with Crippen molar-refractivity contribution in [3.05, 3.63) is 0 Å². The van der Waals surface area contributed by atoms with Gasteiger partial charge in [0.15, 0.2) is 5.96 Å². The Morgan fingerprint density at radius 3 is 2.33 bits per heavy atom. The molecule has 0 aliphatic carbocycles. The number of hydrogen-bond donors (Lipinski definition) is 2. The van der Waals surface area contributed by atoms with Crippen LogP contribution >= 0.6 is 0 Å². The molecule has 0 aromatic carbocycles. The molecule has 3 N–H and O–H groups in total. The Bertz CT molecular complexity index is 174. The Morgan fingerprint density at radius 1 is 1.13 bits per heavy atom. The van der Waals surface area contributed by atoms with E-state index in [0.717, 1.165) is 19.0 Å². The average Bonchev–Trinajstić information content (AvgIpc) is 2.13. The molecule has 0 fully saturated rings. The van der Waals surface area contributed by atoms with Gasteiger partial charge in [-0.3, -0.25) is 4.99 Å². The molecule has 0 heterocycles. The predicted molar refractivity (Wildman–Crippen MR) is 68.0 cm³/mol. The summed E-state index contributed by atoms with van der Waals surface area (Å²) in [5, 5.41) is 3.14. The first-order valence-corrected chi connectivity index (χ1v) is 6.06. The van der Waals surface area contributed by atoms with Gasteiger partial charge in [-0.1, -0.05) is 40.5 Å². The SMILES string of the molecule is CC(C)CCCCNC(N)=NCC(C)C. The van der Waals surface area contributed by atoms with Gasteiger partial charge in [-0.15, -0.1) is 0 Å². The normalized spacial score (nSPS) is 12.5. The maximum atomic E-state index is 5.70. The third-order valence-corrected chi connectivity index (χ3v) is 2.14. The molecule has 3 nitrogen and oxygen atoms in total. The topological polar surface area (TPSA) is 50.4 Å². The highest BCUT2D eigenvalue weighted by Crippen LogP contribution is 2.04. The molecule has 0 rings (SSSR count). The number of nitrogens with zero attached hydrogens (tertiary/aromatic N) is 1. The van der Waals surface area contributed by atoms with Crippen molar-refractivity contribution in [1.29, 1.82) is 0 Å². The first-order chi connectivity index (χ1) is 7.02. The Hall–Kier alpha value is -0.730. The molecule has 0 aliphatic heterocycles. The fourth-order valence-corrected chi connectivity index (χ4v) is 1.23. The van der Waals surface area contributed by atoms with Crippen molar-refractivity contribution in [2.75, 3.05) is 13.1 Å². The van der Waals surface area contributed by atoms with E-state index in [2.05, 4.69) is 38.0 Å². The molecular formula is C12H27N3. The monoisotopic (exact) mass is 213 g/mol. The van der Waals surface area contributed by atoms with Crippen LogP contribution in [0, 0.1) is 11.8 Å². The van der Waals surface area contributed by atoms with Gasteiger partial charge in [-0.05, 0) is 18.3 Å². The summed E-state index contributed by atoms with van der Waals surface area (Å²) in [5.41, 5.74) is 5.70. The van der Waals surface area contributed by atoms with Crippen molar-refractivity contribution >= 4 is 5.96 Å². The molecular weight excluding hydrogens is 186 g/mol. The summed E-state index contributed by atoms with van der Waals surface area (Å²) < 4.78 is 0. The number of unbranched alkanes of at least 4 members (excludes halogenated alkanes) is 1. The average molecular weight is 213 g/mol. The highest BCUT2D eigenvalue weighted by Gasteiger charge is 1.95. The minimum Gasteiger partial charge on any atom is -0.370 e. The van der Waals surface area contributed by atoms with Gasteiger partial charge < -0.3 is 11.1 Å². The van der Waals surface area contributed by atoms with Crippen molar-refractivity contribution < 1.29 is 0 Å². The van der Waals surface area contributed by atoms with Crippen LogP contribution in [0.3, 0.4) is 0 Å². The quantitative estimate of drug-likeness (QED) is 0.387. The van der Waals surface area contributed by atoms with Crippen LogP contribution < -0.4 is 11.1 Å². The molecule has 0 unspecified atom stereocenters. The minimum absolute atomic E-state index is 0.575. The molecule has 0 amide bonds. The van der Waals surface area contributed by atoms with Crippen LogP contribution in [0.2, 0.25) is 0 Å². The van der Waals surface area contributed by atoms with E-state index in [9.17, 15) is 0 Å². The smallest absolute Gasteiger partial charge is 0.188 e. The summed E-state index contributed by atoms with van der Waals surface area (Å²) in [6, 6.07) is 0. The van der Waals surface area contributed by atoms with E-state index in [-0.39, 0.29) is 0 Å². The molecule has 0 spiro atoms. The van der Waals surface area contributed by atoms with E-state index in [1.807, 2.05) is 0 Å². The van der Waals surface area contributed by atoms with E-state index >= 15 is 0 Å². The zero-order valence-electron chi connectivity index (χ0n) is 10.7. The molecule has 3 heteroatoms. The Morgan fingerprint density at radius 2 is 1.80 bits per heavy atom. The third-order valence-electron chi connectivity index (χ3n) is 2.14. The van der Waals surface area contributed by atoms with Crippen molar-refractivity contribution in [3.63, 3.8) is 0 Å². The van der Waals surface area contributed by atoms with Gasteiger partial charge in [-0.2, -0.15) is 0 Å². The van der Waals surface area contributed by atoms with Gasteiger partial charge in [0.25, 0.3) is 0 Å². The molecule has 15 heavy (non-hydrogen) atoms. The number of rotatable bonds is 7. The molecule has 0 aromatic rings. The van der Waals surface area contributed by atoms with Crippen LogP contribution in [-0.4, -0.2) is 19.0 Å². The lowest BCUT2D eigenvalue weighted by Gasteiger charge is -2.07. The highest BCUT2D eigenvalue weighted by molar-refractivity contribution is 5.77. The number of nitrogens with two attached hydrogens (primary N) is 1. The molecule has 0 radical (unpaired) electrons. The Labute approximate surface area is 94.5 Å². The lowest BCUT2D eigenvalue weighted by atomic mass is 10.1. The number of hydrogen-bond acceptors (Lipinski definition) is 1. The van der Waals surface area contributed by atoms with E-state index in [0.29, 0.717) is 11.9 Å². The van der Waals surface area contributed by atoms with Gasteiger partial charge in [0.1, 0.15) is 0 Å². The number of aliphatic imine (C=N–C) groups is 1. The Balaban J connectivity index is 3.38. The van der Waals surface area contributed by atoms with Crippen molar-refractivity contribution in [2.24, 2.45) is 22.6 Å². The maximum absolute atomic E-state index is 5.70.